The number of aromatic nitrogens is 2. The first-order valence-corrected chi connectivity index (χ1v) is 7.59. The van der Waals surface area contributed by atoms with Gasteiger partial charge in [0.25, 0.3) is 0 Å². The van der Waals surface area contributed by atoms with Crippen LogP contribution in [0.25, 0.3) is 10.9 Å². The number of anilines is 1. The highest BCUT2D eigenvalue weighted by atomic mass is 19.4. The first-order chi connectivity index (χ1) is 11.3. The molecule has 2 aromatic rings. The quantitative estimate of drug-likeness (QED) is 0.773. The Hall–Kier alpha value is -2.09. The monoisotopic (exact) mass is 343 g/mol. The van der Waals surface area contributed by atoms with Gasteiger partial charge in [0.05, 0.1) is 18.7 Å². The fourth-order valence-corrected chi connectivity index (χ4v) is 2.10. The Morgan fingerprint density at radius 2 is 1.96 bits per heavy atom. The molecular formula is C16H20F3N3O2. The Kier molecular flexibility index (Phi) is 5.82. The Bertz CT molecular complexity index is 690. The van der Waals surface area contributed by atoms with Crippen molar-refractivity contribution in [2.24, 2.45) is 0 Å². The van der Waals surface area contributed by atoms with Crippen molar-refractivity contribution in [1.29, 1.82) is 0 Å². The minimum atomic E-state index is -4.62. The summed E-state index contributed by atoms with van der Waals surface area (Å²) in [5.41, 5.74) is 0.178. The number of benzene rings is 1. The summed E-state index contributed by atoms with van der Waals surface area (Å²) in [5.74, 6) is -0.589. The van der Waals surface area contributed by atoms with Gasteiger partial charge in [0, 0.05) is 24.6 Å². The van der Waals surface area contributed by atoms with Gasteiger partial charge < -0.3 is 14.8 Å². The molecule has 0 spiro atoms. The lowest BCUT2D eigenvalue weighted by molar-refractivity contribution is -0.144. The molecule has 0 aliphatic heterocycles. The molecule has 1 aromatic carbocycles. The summed E-state index contributed by atoms with van der Waals surface area (Å²) in [4.78, 5) is 7.23. The number of halogens is 3. The lowest BCUT2D eigenvalue weighted by Gasteiger charge is -2.13. The molecule has 1 N–H and O–H groups in total. The molecule has 0 fully saturated rings. The van der Waals surface area contributed by atoms with Gasteiger partial charge in [-0.2, -0.15) is 13.2 Å². The smallest absolute Gasteiger partial charge is 0.451 e. The van der Waals surface area contributed by atoms with E-state index in [-0.39, 0.29) is 17.4 Å². The molecule has 132 valence electrons. The second-order valence-electron chi connectivity index (χ2n) is 5.48. The van der Waals surface area contributed by atoms with Crippen LogP contribution < -0.4 is 10.1 Å². The first-order valence-electron chi connectivity index (χ1n) is 7.59. The summed E-state index contributed by atoms with van der Waals surface area (Å²) in [6, 6.07) is 4.76. The number of methoxy groups -OCH3 is 1. The highest BCUT2D eigenvalue weighted by Crippen LogP contribution is 2.31. The summed E-state index contributed by atoms with van der Waals surface area (Å²) >= 11 is 0. The molecule has 0 atom stereocenters. The molecule has 0 aliphatic rings. The van der Waals surface area contributed by atoms with Crippen LogP contribution in [0.1, 0.15) is 26.1 Å². The van der Waals surface area contributed by atoms with Gasteiger partial charge in [0.15, 0.2) is 0 Å². The van der Waals surface area contributed by atoms with Gasteiger partial charge in [0.2, 0.25) is 5.82 Å². The van der Waals surface area contributed by atoms with Gasteiger partial charge in [-0.25, -0.2) is 9.97 Å². The fourth-order valence-electron chi connectivity index (χ4n) is 2.10. The van der Waals surface area contributed by atoms with Crippen LogP contribution >= 0.6 is 0 Å². The number of rotatable bonds is 7. The van der Waals surface area contributed by atoms with Crippen molar-refractivity contribution in [3.8, 4) is 5.75 Å². The van der Waals surface area contributed by atoms with Gasteiger partial charge in [0.1, 0.15) is 11.6 Å². The number of hydrogen-bond donors (Lipinski definition) is 1. The predicted octanol–water partition coefficient (Wildman–Crippen LogP) is 3.88. The number of ether oxygens (including phenoxy) is 2. The van der Waals surface area contributed by atoms with Crippen molar-refractivity contribution < 1.29 is 22.6 Å². The number of nitrogens with zero attached hydrogens (tertiary/aromatic N) is 2. The lowest BCUT2D eigenvalue weighted by Crippen LogP contribution is -2.15. The standard InChI is InChI=1S/C16H20F3N3O2/c1-10(2)24-8-4-7-20-14-12-6-5-11(23-3)9-13(12)21-15(22-14)16(17,18)19/h5-6,9-10H,4,7-8H2,1-3H3,(H,20,21,22). The van der Waals surface area contributed by atoms with Crippen molar-refractivity contribution in [3.63, 3.8) is 0 Å². The fraction of sp³-hybridized carbons (Fsp3) is 0.500. The normalized spacial score (nSPS) is 12.0. The molecule has 24 heavy (non-hydrogen) atoms. The average Bonchev–Trinajstić information content (AvgIpc) is 2.52. The Labute approximate surface area is 138 Å². The van der Waals surface area contributed by atoms with E-state index in [9.17, 15) is 13.2 Å². The molecule has 0 amide bonds. The van der Waals surface area contributed by atoms with Gasteiger partial charge in [-0.3, -0.25) is 0 Å². The number of alkyl halides is 3. The SMILES string of the molecule is COc1ccc2c(NCCCOC(C)C)nc(C(F)(F)F)nc2c1. The Morgan fingerprint density at radius 3 is 2.58 bits per heavy atom. The van der Waals surface area contributed by atoms with E-state index < -0.39 is 12.0 Å². The largest absolute Gasteiger partial charge is 0.497 e. The van der Waals surface area contributed by atoms with Crippen molar-refractivity contribution in [2.75, 3.05) is 25.6 Å². The zero-order chi connectivity index (χ0) is 17.7. The minimum Gasteiger partial charge on any atom is -0.497 e. The van der Waals surface area contributed by atoms with Crippen LogP contribution in [0.4, 0.5) is 19.0 Å². The van der Waals surface area contributed by atoms with E-state index in [0.29, 0.717) is 30.7 Å². The van der Waals surface area contributed by atoms with E-state index in [1.807, 2.05) is 13.8 Å². The number of hydrogen-bond acceptors (Lipinski definition) is 5. The van der Waals surface area contributed by atoms with Gasteiger partial charge in [-0.15, -0.1) is 0 Å². The molecule has 8 heteroatoms. The van der Waals surface area contributed by atoms with E-state index in [1.54, 1.807) is 12.1 Å². The number of nitrogens with one attached hydrogen (secondary N) is 1. The minimum absolute atomic E-state index is 0.120. The summed E-state index contributed by atoms with van der Waals surface area (Å²) in [5, 5.41) is 3.45. The Morgan fingerprint density at radius 1 is 1.21 bits per heavy atom. The van der Waals surface area contributed by atoms with Gasteiger partial charge in [-0.1, -0.05) is 0 Å². The molecule has 2 rings (SSSR count). The Balaban J connectivity index is 2.25. The summed E-state index contributed by atoms with van der Waals surface area (Å²) < 4.78 is 49.5. The van der Waals surface area contributed by atoms with Crippen molar-refractivity contribution in [3.05, 3.63) is 24.0 Å². The maximum atomic E-state index is 13.0. The van der Waals surface area contributed by atoms with E-state index >= 15 is 0 Å². The van der Waals surface area contributed by atoms with Crippen molar-refractivity contribution in [2.45, 2.75) is 32.5 Å². The molecule has 0 aliphatic carbocycles. The molecular weight excluding hydrogens is 323 g/mol. The molecule has 1 aromatic heterocycles. The first kappa shape index (κ1) is 18.3. The second kappa shape index (κ2) is 7.65. The summed E-state index contributed by atoms with van der Waals surface area (Å²) in [6.07, 6.45) is -3.84. The van der Waals surface area contributed by atoms with Crippen LogP contribution in [-0.2, 0) is 10.9 Å². The van der Waals surface area contributed by atoms with Crippen LogP contribution in [0.5, 0.6) is 5.75 Å². The molecule has 0 unspecified atom stereocenters. The summed E-state index contributed by atoms with van der Waals surface area (Å²) in [6.45, 7) is 4.82. The summed E-state index contributed by atoms with van der Waals surface area (Å²) in [7, 11) is 1.45. The lowest BCUT2D eigenvalue weighted by atomic mass is 10.2. The third-order valence-electron chi connectivity index (χ3n) is 3.22. The molecule has 0 radical (unpaired) electrons. The van der Waals surface area contributed by atoms with E-state index in [0.717, 1.165) is 0 Å². The van der Waals surface area contributed by atoms with Gasteiger partial charge in [-0.05, 0) is 32.4 Å². The number of fused-ring (bicyclic) bond motifs is 1. The highest BCUT2D eigenvalue weighted by molar-refractivity contribution is 5.90. The highest BCUT2D eigenvalue weighted by Gasteiger charge is 2.35. The third kappa shape index (κ3) is 4.70. The van der Waals surface area contributed by atoms with E-state index in [2.05, 4.69) is 15.3 Å². The second-order valence-corrected chi connectivity index (χ2v) is 5.48. The van der Waals surface area contributed by atoms with Crippen LogP contribution in [0.15, 0.2) is 18.2 Å². The van der Waals surface area contributed by atoms with E-state index in [1.165, 1.54) is 13.2 Å². The van der Waals surface area contributed by atoms with Crippen LogP contribution in [-0.4, -0.2) is 36.3 Å². The zero-order valence-electron chi connectivity index (χ0n) is 13.8. The maximum absolute atomic E-state index is 13.0. The maximum Gasteiger partial charge on any atom is 0.451 e. The third-order valence-corrected chi connectivity index (χ3v) is 3.22. The topological polar surface area (TPSA) is 56.3 Å². The van der Waals surface area contributed by atoms with Crippen molar-refractivity contribution in [1.82, 2.24) is 9.97 Å². The van der Waals surface area contributed by atoms with E-state index in [4.69, 9.17) is 9.47 Å². The molecule has 1 heterocycles. The zero-order valence-corrected chi connectivity index (χ0v) is 13.8. The van der Waals surface area contributed by atoms with Crippen LogP contribution in [0.2, 0.25) is 0 Å². The predicted molar refractivity (Wildman–Crippen MR) is 85.3 cm³/mol. The molecule has 5 nitrogen and oxygen atoms in total. The molecule has 0 saturated heterocycles. The molecule has 0 saturated carbocycles. The van der Waals surface area contributed by atoms with Crippen molar-refractivity contribution >= 4 is 16.7 Å². The van der Waals surface area contributed by atoms with Crippen LogP contribution in [0, 0.1) is 0 Å². The van der Waals surface area contributed by atoms with Crippen LogP contribution in [0.3, 0.4) is 0 Å². The molecule has 0 bridgehead atoms. The van der Waals surface area contributed by atoms with Gasteiger partial charge >= 0.3 is 6.18 Å². The average molecular weight is 343 g/mol.